The number of nitrogens with zero attached hydrogens (tertiary/aromatic N) is 1. The molecule has 0 aliphatic heterocycles. The molecule has 0 amide bonds. The second kappa shape index (κ2) is 6.26. The molecular weight excluding hydrogens is 288 g/mol. The third kappa shape index (κ3) is 2.85. The second-order valence-electron chi connectivity index (χ2n) is 5.51. The predicted molar refractivity (Wildman–Crippen MR) is 92.9 cm³/mol. The summed E-state index contributed by atoms with van der Waals surface area (Å²) in [6.45, 7) is 1.95. The van der Waals surface area contributed by atoms with E-state index in [4.69, 9.17) is 15.2 Å². The van der Waals surface area contributed by atoms with Crippen molar-refractivity contribution >= 4 is 10.9 Å². The Kier molecular flexibility index (Phi) is 4.17. The van der Waals surface area contributed by atoms with Gasteiger partial charge in [0.25, 0.3) is 0 Å². The molecule has 0 saturated carbocycles. The summed E-state index contributed by atoms with van der Waals surface area (Å²) in [5, 5.41) is 1.08. The molecule has 0 aliphatic carbocycles. The number of hydrogen-bond acceptors (Lipinski definition) is 4. The first-order valence-electron chi connectivity index (χ1n) is 7.50. The fraction of sp³-hybridized carbons (Fsp3) is 0.211. The average Bonchev–Trinajstić information content (AvgIpc) is 2.59. The minimum Gasteiger partial charge on any atom is -0.493 e. The van der Waals surface area contributed by atoms with Crippen molar-refractivity contribution in [3.8, 4) is 22.6 Å². The van der Waals surface area contributed by atoms with Crippen molar-refractivity contribution < 1.29 is 9.47 Å². The van der Waals surface area contributed by atoms with Gasteiger partial charge in [0.05, 0.1) is 19.7 Å². The monoisotopic (exact) mass is 308 g/mol. The van der Waals surface area contributed by atoms with E-state index < -0.39 is 0 Å². The molecule has 1 aromatic heterocycles. The van der Waals surface area contributed by atoms with Gasteiger partial charge >= 0.3 is 0 Å². The Morgan fingerprint density at radius 2 is 1.83 bits per heavy atom. The Morgan fingerprint density at radius 3 is 2.52 bits per heavy atom. The average molecular weight is 308 g/mol. The third-order valence-electron chi connectivity index (χ3n) is 3.93. The Balaban J connectivity index is 2.24. The van der Waals surface area contributed by atoms with Crippen molar-refractivity contribution in [2.45, 2.75) is 13.0 Å². The maximum absolute atomic E-state index is 6.05. The normalized spacial score (nSPS) is 12.2. The first-order valence-corrected chi connectivity index (χ1v) is 7.50. The molecule has 3 rings (SSSR count). The lowest BCUT2D eigenvalue weighted by atomic mass is 9.98. The van der Waals surface area contributed by atoms with Crippen LogP contribution in [0.4, 0.5) is 0 Å². The highest BCUT2D eigenvalue weighted by Gasteiger charge is 2.16. The number of methoxy groups -OCH3 is 2. The molecule has 118 valence electrons. The maximum Gasteiger partial charge on any atom is 0.168 e. The predicted octanol–water partition coefficient (Wildman–Crippen LogP) is 3.94. The van der Waals surface area contributed by atoms with Gasteiger partial charge in [-0.3, -0.25) is 4.98 Å². The van der Waals surface area contributed by atoms with Crippen molar-refractivity contribution in [3.05, 3.63) is 54.2 Å². The molecule has 1 atom stereocenters. The number of pyridine rings is 1. The van der Waals surface area contributed by atoms with Crippen LogP contribution in [0.1, 0.15) is 18.5 Å². The van der Waals surface area contributed by atoms with E-state index in [0.717, 1.165) is 27.6 Å². The van der Waals surface area contributed by atoms with Crippen LogP contribution in [-0.2, 0) is 0 Å². The summed E-state index contributed by atoms with van der Waals surface area (Å²) in [6, 6.07) is 14.0. The Bertz CT molecular complexity index is 844. The lowest BCUT2D eigenvalue weighted by molar-refractivity contribution is 0.355. The van der Waals surface area contributed by atoms with Crippen LogP contribution in [0.25, 0.3) is 22.0 Å². The molecule has 0 spiro atoms. The van der Waals surface area contributed by atoms with Crippen molar-refractivity contribution in [2.24, 2.45) is 5.73 Å². The lowest BCUT2D eigenvalue weighted by Gasteiger charge is -2.17. The number of fused-ring (bicyclic) bond motifs is 1. The van der Waals surface area contributed by atoms with Gasteiger partial charge in [-0.2, -0.15) is 0 Å². The van der Waals surface area contributed by atoms with Gasteiger partial charge in [0.1, 0.15) is 0 Å². The van der Waals surface area contributed by atoms with Crippen molar-refractivity contribution in [3.63, 3.8) is 0 Å². The summed E-state index contributed by atoms with van der Waals surface area (Å²) in [4.78, 5) is 4.54. The topological polar surface area (TPSA) is 57.4 Å². The quantitative estimate of drug-likeness (QED) is 0.793. The number of ether oxygens (including phenoxy) is 2. The zero-order chi connectivity index (χ0) is 16.4. The Hall–Kier alpha value is -2.59. The summed E-state index contributed by atoms with van der Waals surface area (Å²) in [5.74, 6) is 1.36. The summed E-state index contributed by atoms with van der Waals surface area (Å²) in [6.07, 6.45) is 1.85. The SMILES string of the molecule is COc1cc(C(C)N)cc(-c2cnc3ccccc3c2)c1OC. The molecule has 1 unspecified atom stereocenters. The number of para-hydroxylation sites is 1. The molecule has 2 N–H and O–H groups in total. The van der Waals surface area contributed by atoms with Gasteiger partial charge < -0.3 is 15.2 Å². The smallest absolute Gasteiger partial charge is 0.168 e. The third-order valence-corrected chi connectivity index (χ3v) is 3.93. The van der Waals surface area contributed by atoms with E-state index in [0.29, 0.717) is 11.5 Å². The largest absolute Gasteiger partial charge is 0.493 e. The number of nitrogens with two attached hydrogens (primary N) is 1. The summed E-state index contributed by atoms with van der Waals surface area (Å²) < 4.78 is 11.1. The molecule has 0 saturated heterocycles. The molecule has 1 heterocycles. The second-order valence-corrected chi connectivity index (χ2v) is 5.51. The van der Waals surface area contributed by atoms with E-state index in [-0.39, 0.29) is 6.04 Å². The fourth-order valence-corrected chi connectivity index (χ4v) is 2.68. The molecule has 0 fully saturated rings. The minimum atomic E-state index is -0.0954. The van der Waals surface area contributed by atoms with E-state index in [2.05, 4.69) is 11.1 Å². The van der Waals surface area contributed by atoms with Gasteiger partial charge in [-0.05, 0) is 36.8 Å². The zero-order valence-electron chi connectivity index (χ0n) is 13.5. The lowest BCUT2D eigenvalue weighted by Crippen LogP contribution is -2.06. The van der Waals surface area contributed by atoms with Gasteiger partial charge in [0, 0.05) is 28.8 Å². The van der Waals surface area contributed by atoms with Crippen LogP contribution in [0.2, 0.25) is 0 Å². The number of hydrogen-bond donors (Lipinski definition) is 1. The van der Waals surface area contributed by atoms with E-state index in [1.165, 1.54) is 0 Å². The molecule has 2 aromatic carbocycles. The summed E-state index contributed by atoms with van der Waals surface area (Å²) in [7, 11) is 3.27. The standard InChI is InChI=1S/C19H20N2O2/c1-12(20)14-9-16(19(23-3)18(10-14)22-2)15-8-13-6-4-5-7-17(13)21-11-15/h4-12H,20H2,1-3H3. The van der Waals surface area contributed by atoms with Crippen LogP contribution in [0, 0.1) is 0 Å². The van der Waals surface area contributed by atoms with Crippen LogP contribution in [0.5, 0.6) is 11.5 Å². The molecule has 0 aliphatic rings. The molecule has 3 aromatic rings. The highest BCUT2D eigenvalue weighted by atomic mass is 16.5. The van der Waals surface area contributed by atoms with E-state index in [1.807, 2.05) is 49.5 Å². The van der Waals surface area contributed by atoms with Crippen LogP contribution < -0.4 is 15.2 Å². The Labute approximate surface area is 135 Å². The Morgan fingerprint density at radius 1 is 1.04 bits per heavy atom. The van der Waals surface area contributed by atoms with Crippen molar-refractivity contribution in [1.29, 1.82) is 0 Å². The summed E-state index contributed by atoms with van der Waals surface area (Å²) in [5.41, 5.74) is 9.91. The van der Waals surface area contributed by atoms with E-state index in [9.17, 15) is 0 Å². The first-order chi connectivity index (χ1) is 11.1. The number of benzene rings is 2. The van der Waals surface area contributed by atoms with Crippen LogP contribution in [0.15, 0.2) is 48.7 Å². The molecule has 23 heavy (non-hydrogen) atoms. The zero-order valence-corrected chi connectivity index (χ0v) is 13.5. The van der Waals surface area contributed by atoms with Crippen LogP contribution in [0.3, 0.4) is 0 Å². The molecular formula is C19H20N2O2. The van der Waals surface area contributed by atoms with E-state index >= 15 is 0 Å². The highest BCUT2D eigenvalue weighted by molar-refractivity contribution is 5.85. The van der Waals surface area contributed by atoms with Crippen LogP contribution in [-0.4, -0.2) is 19.2 Å². The van der Waals surface area contributed by atoms with Gasteiger partial charge in [-0.15, -0.1) is 0 Å². The van der Waals surface area contributed by atoms with E-state index in [1.54, 1.807) is 14.2 Å². The minimum absolute atomic E-state index is 0.0954. The first kappa shape index (κ1) is 15.3. The molecule has 4 heteroatoms. The fourth-order valence-electron chi connectivity index (χ4n) is 2.68. The summed E-state index contributed by atoms with van der Waals surface area (Å²) >= 11 is 0. The number of rotatable bonds is 4. The van der Waals surface area contributed by atoms with Gasteiger partial charge in [0.15, 0.2) is 11.5 Å². The molecule has 4 nitrogen and oxygen atoms in total. The highest BCUT2D eigenvalue weighted by Crippen LogP contribution is 2.40. The van der Waals surface area contributed by atoms with Crippen molar-refractivity contribution in [2.75, 3.05) is 14.2 Å². The van der Waals surface area contributed by atoms with Gasteiger partial charge in [-0.1, -0.05) is 18.2 Å². The van der Waals surface area contributed by atoms with Crippen molar-refractivity contribution in [1.82, 2.24) is 4.98 Å². The maximum atomic E-state index is 6.05. The molecule has 0 bridgehead atoms. The molecule has 0 radical (unpaired) electrons. The number of aromatic nitrogens is 1. The van der Waals surface area contributed by atoms with Gasteiger partial charge in [0.2, 0.25) is 0 Å². The van der Waals surface area contributed by atoms with Crippen LogP contribution >= 0.6 is 0 Å². The van der Waals surface area contributed by atoms with Gasteiger partial charge in [-0.25, -0.2) is 0 Å².